The largest absolute Gasteiger partial charge is 0.452 e. The second kappa shape index (κ2) is 4.35. The third-order valence-corrected chi connectivity index (χ3v) is 3.74. The summed E-state index contributed by atoms with van der Waals surface area (Å²) in [6.07, 6.45) is 1.44. The normalized spacial score (nSPS) is 20.6. The first-order valence-electron chi connectivity index (χ1n) is 5.65. The first kappa shape index (κ1) is 12.5. The third kappa shape index (κ3) is 2.33. The van der Waals surface area contributed by atoms with Crippen LogP contribution in [0.15, 0.2) is 16.7 Å². The molecule has 1 saturated heterocycles. The summed E-state index contributed by atoms with van der Waals surface area (Å²) in [5.74, 6) is -0.0510. The molecule has 0 radical (unpaired) electrons. The number of furan rings is 1. The predicted octanol–water partition coefficient (Wildman–Crippen LogP) is 2.10. The Labute approximate surface area is 106 Å². The summed E-state index contributed by atoms with van der Waals surface area (Å²) in [5, 5.41) is 0.173. The van der Waals surface area contributed by atoms with Crippen molar-refractivity contribution >= 4 is 17.5 Å². The lowest BCUT2D eigenvalue weighted by Crippen LogP contribution is -2.58. The van der Waals surface area contributed by atoms with Gasteiger partial charge in [-0.2, -0.15) is 0 Å². The van der Waals surface area contributed by atoms with Crippen LogP contribution < -0.4 is 0 Å². The number of rotatable bonds is 1. The smallest absolute Gasteiger partial charge is 0.258 e. The summed E-state index contributed by atoms with van der Waals surface area (Å²) < 4.78 is 4.96. The molecule has 1 aliphatic rings. The van der Waals surface area contributed by atoms with E-state index in [2.05, 4.69) is 25.8 Å². The number of amides is 1. The molecule has 1 fully saturated rings. The maximum atomic E-state index is 12.2. The molecule has 0 spiro atoms. The van der Waals surface area contributed by atoms with Gasteiger partial charge in [0.1, 0.15) is 0 Å². The fraction of sp³-hybridized carbons (Fsp3) is 0.583. The van der Waals surface area contributed by atoms with Crippen LogP contribution in [0, 0.1) is 0 Å². The molecule has 4 nitrogen and oxygen atoms in total. The van der Waals surface area contributed by atoms with Gasteiger partial charge in [0.2, 0.25) is 5.22 Å². The van der Waals surface area contributed by atoms with Gasteiger partial charge in [-0.05, 0) is 38.6 Å². The Hall–Kier alpha value is -1.00. The summed E-state index contributed by atoms with van der Waals surface area (Å²) >= 11 is 5.83. The lowest BCUT2D eigenvalue weighted by molar-refractivity contribution is 0.0311. The summed E-state index contributed by atoms with van der Waals surface area (Å²) in [6, 6.07) is 1.62. The van der Waals surface area contributed by atoms with Crippen LogP contribution in [0.3, 0.4) is 0 Å². The Morgan fingerprint density at radius 3 is 2.71 bits per heavy atom. The molecule has 0 atom stereocenters. The number of carbonyl (C=O) groups is 1. The van der Waals surface area contributed by atoms with Gasteiger partial charge in [-0.15, -0.1) is 0 Å². The van der Waals surface area contributed by atoms with Crippen molar-refractivity contribution in [2.45, 2.75) is 19.4 Å². The molecule has 5 heteroatoms. The molecule has 2 rings (SSSR count). The Morgan fingerprint density at radius 1 is 1.47 bits per heavy atom. The lowest BCUT2D eigenvalue weighted by atomic mass is 9.99. The van der Waals surface area contributed by atoms with Gasteiger partial charge in [-0.25, -0.2) is 0 Å². The Balaban J connectivity index is 2.15. The molecular weight excluding hydrogens is 240 g/mol. The van der Waals surface area contributed by atoms with E-state index in [0.29, 0.717) is 12.1 Å². The highest BCUT2D eigenvalue weighted by molar-refractivity contribution is 6.32. The Bertz CT molecular complexity index is 428. The van der Waals surface area contributed by atoms with Crippen molar-refractivity contribution in [3.63, 3.8) is 0 Å². The van der Waals surface area contributed by atoms with E-state index in [0.717, 1.165) is 13.1 Å². The molecule has 0 aromatic carbocycles. The fourth-order valence-electron chi connectivity index (χ4n) is 2.03. The number of nitrogens with zero attached hydrogens (tertiary/aromatic N) is 2. The number of hydrogen-bond acceptors (Lipinski definition) is 3. The van der Waals surface area contributed by atoms with Gasteiger partial charge in [0.15, 0.2) is 0 Å². The zero-order chi connectivity index (χ0) is 12.6. The molecule has 1 aliphatic heterocycles. The molecule has 1 amide bonds. The van der Waals surface area contributed by atoms with Crippen molar-refractivity contribution in [3.05, 3.63) is 23.1 Å². The van der Waals surface area contributed by atoms with Crippen LogP contribution in [-0.4, -0.2) is 47.9 Å². The summed E-state index contributed by atoms with van der Waals surface area (Å²) in [5.41, 5.74) is 0.441. The molecule has 0 unspecified atom stereocenters. The second-order valence-electron chi connectivity index (χ2n) is 5.07. The maximum absolute atomic E-state index is 12.2. The summed E-state index contributed by atoms with van der Waals surface area (Å²) in [7, 11) is 2.08. The van der Waals surface area contributed by atoms with Gasteiger partial charge >= 0.3 is 0 Å². The maximum Gasteiger partial charge on any atom is 0.258 e. The van der Waals surface area contributed by atoms with Crippen molar-refractivity contribution in [2.75, 3.05) is 26.7 Å². The van der Waals surface area contributed by atoms with E-state index in [9.17, 15) is 4.79 Å². The van der Waals surface area contributed by atoms with Crippen LogP contribution in [0.2, 0.25) is 5.22 Å². The van der Waals surface area contributed by atoms with Crippen LogP contribution in [-0.2, 0) is 0 Å². The van der Waals surface area contributed by atoms with Gasteiger partial charge in [-0.1, -0.05) is 0 Å². The van der Waals surface area contributed by atoms with Crippen LogP contribution in [0.1, 0.15) is 24.2 Å². The highest BCUT2D eigenvalue weighted by atomic mass is 35.5. The van der Waals surface area contributed by atoms with E-state index >= 15 is 0 Å². The molecule has 1 aromatic heterocycles. The standard InChI is InChI=1S/C12H17ClN2O2/c1-12(2)8-15(6-5-14(12)3)11(16)9-4-7-17-10(9)13/h4,7H,5-6,8H2,1-3H3. The van der Waals surface area contributed by atoms with Crippen LogP contribution in [0.25, 0.3) is 0 Å². The average molecular weight is 257 g/mol. The topological polar surface area (TPSA) is 36.7 Å². The number of halogens is 1. The summed E-state index contributed by atoms with van der Waals surface area (Å²) in [4.78, 5) is 16.3. The minimum atomic E-state index is -0.0510. The number of carbonyl (C=O) groups excluding carboxylic acids is 1. The van der Waals surface area contributed by atoms with Gasteiger partial charge in [-0.3, -0.25) is 9.69 Å². The van der Waals surface area contributed by atoms with Crippen LogP contribution in [0.5, 0.6) is 0 Å². The third-order valence-electron chi connectivity index (χ3n) is 3.45. The Morgan fingerprint density at radius 2 is 2.18 bits per heavy atom. The molecule has 94 valence electrons. The van der Waals surface area contributed by atoms with Gasteiger partial charge in [0.25, 0.3) is 5.91 Å². The zero-order valence-electron chi connectivity index (χ0n) is 10.4. The van der Waals surface area contributed by atoms with Gasteiger partial charge < -0.3 is 9.32 Å². The van der Waals surface area contributed by atoms with Crippen molar-refractivity contribution in [2.24, 2.45) is 0 Å². The molecule has 17 heavy (non-hydrogen) atoms. The second-order valence-corrected chi connectivity index (χ2v) is 5.41. The van der Waals surface area contributed by atoms with Crippen molar-refractivity contribution in [1.82, 2.24) is 9.80 Å². The van der Waals surface area contributed by atoms with E-state index in [1.165, 1.54) is 6.26 Å². The molecule has 2 heterocycles. The van der Waals surface area contributed by atoms with E-state index in [1.54, 1.807) is 6.07 Å². The van der Waals surface area contributed by atoms with E-state index in [1.807, 2.05) is 4.90 Å². The van der Waals surface area contributed by atoms with Crippen molar-refractivity contribution in [3.8, 4) is 0 Å². The number of likely N-dealkylation sites (N-methyl/N-ethyl adjacent to an activating group) is 1. The van der Waals surface area contributed by atoms with E-state index < -0.39 is 0 Å². The van der Waals surface area contributed by atoms with E-state index in [-0.39, 0.29) is 16.7 Å². The quantitative estimate of drug-likeness (QED) is 0.772. The highest BCUT2D eigenvalue weighted by Gasteiger charge is 2.34. The average Bonchev–Trinajstić information content (AvgIpc) is 2.67. The predicted molar refractivity (Wildman–Crippen MR) is 66.3 cm³/mol. The lowest BCUT2D eigenvalue weighted by Gasteiger charge is -2.45. The molecule has 0 bridgehead atoms. The SMILES string of the molecule is CN1CCN(C(=O)c2ccoc2Cl)CC1(C)C. The molecular formula is C12H17ClN2O2. The van der Waals surface area contributed by atoms with E-state index in [4.69, 9.17) is 16.0 Å². The van der Waals surface area contributed by atoms with Gasteiger partial charge in [0, 0.05) is 25.2 Å². The minimum absolute atomic E-state index is 0.00980. The first-order chi connectivity index (χ1) is 7.92. The monoisotopic (exact) mass is 256 g/mol. The first-order valence-corrected chi connectivity index (χ1v) is 6.03. The number of piperazine rings is 1. The molecule has 0 saturated carbocycles. The Kier molecular flexibility index (Phi) is 3.19. The van der Waals surface area contributed by atoms with Crippen LogP contribution >= 0.6 is 11.6 Å². The zero-order valence-corrected chi connectivity index (χ0v) is 11.1. The number of hydrogen-bond donors (Lipinski definition) is 0. The van der Waals surface area contributed by atoms with Crippen LogP contribution in [0.4, 0.5) is 0 Å². The molecule has 0 N–H and O–H groups in total. The summed E-state index contributed by atoms with van der Waals surface area (Å²) in [6.45, 7) is 6.55. The minimum Gasteiger partial charge on any atom is -0.452 e. The molecule has 1 aromatic rings. The van der Waals surface area contributed by atoms with Crippen molar-refractivity contribution < 1.29 is 9.21 Å². The van der Waals surface area contributed by atoms with Gasteiger partial charge in [0.05, 0.1) is 11.8 Å². The highest BCUT2D eigenvalue weighted by Crippen LogP contribution is 2.23. The molecule has 0 aliphatic carbocycles. The van der Waals surface area contributed by atoms with Crippen molar-refractivity contribution in [1.29, 1.82) is 0 Å². The fourth-order valence-corrected chi connectivity index (χ4v) is 2.23.